The normalized spacial score (nSPS) is 31.4. The second kappa shape index (κ2) is 5.43. The van der Waals surface area contributed by atoms with Crippen LogP contribution in [0.1, 0.15) is 18.4 Å². The monoisotopic (exact) mass is 352 g/mol. The quantitative estimate of drug-likeness (QED) is 0.575. The van der Waals surface area contributed by atoms with Crippen molar-refractivity contribution in [3.05, 3.63) is 35.9 Å². The number of hydrogen-bond donors (Lipinski definition) is 0. The number of aryl methyl sites for hydroxylation is 1. The second-order valence-corrected chi connectivity index (χ2v) is 7.55. The van der Waals surface area contributed by atoms with E-state index in [-0.39, 0.29) is 41.6 Å². The van der Waals surface area contributed by atoms with Crippen LogP contribution in [0.25, 0.3) is 0 Å². The maximum Gasteiger partial charge on any atom is 0.414 e. The summed E-state index contributed by atoms with van der Waals surface area (Å²) in [4.78, 5) is 40.9. The lowest BCUT2D eigenvalue weighted by Crippen LogP contribution is -2.36. The van der Waals surface area contributed by atoms with Crippen molar-refractivity contribution >= 4 is 29.3 Å². The van der Waals surface area contributed by atoms with Crippen molar-refractivity contribution in [2.75, 3.05) is 23.5 Å². The number of hydrogen-bond acceptors (Lipinski definition) is 4. The van der Waals surface area contributed by atoms with Gasteiger partial charge in [-0.25, -0.2) is 4.79 Å². The van der Waals surface area contributed by atoms with E-state index in [2.05, 4.69) is 12.2 Å². The molecule has 2 aliphatic heterocycles. The summed E-state index contributed by atoms with van der Waals surface area (Å²) in [6, 6.07) is 5.48. The molecule has 6 heteroatoms. The van der Waals surface area contributed by atoms with Gasteiger partial charge in [0, 0.05) is 6.54 Å². The first-order valence-electron chi connectivity index (χ1n) is 9.14. The highest BCUT2D eigenvalue weighted by Gasteiger charge is 2.59. The summed E-state index contributed by atoms with van der Waals surface area (Å²) in [5, 5.41) is 0. The molecule has 2 fully saturated rings. The zero-order valence-electron chi connectivity index (χ0n) is 14.6. The molecule has 0 N–H and O–H groups in total. The third-order valence-corrected chi connectivity index (χ3v) is 6.31. The lowest BCUT2D eigenvalue weighted by atomic mass is 9.85. The largest absolute Gasteiger partial charge is 0.452 e. The summed E-state index contributed by atoms with van der Waals surface area (Å²) in [5.41, 5.74) is 2.39. The smallest absolute Gasteiger partial charge is 0.414 e. The molecule has 0 radical (unpaired) electrons. The van der Waals surface area contributed by atoms with Gasteiger partial charge in [0.25, 0.3) is 0 Å². The number of ether oxygens (including phenoxy) is 1. The first kappa shape index (κ1) is 15.6. The number of methoxy groups -OCH3 is 1. The van der Waals surface area contributed by atoms with Gasteiger partial charge in [0.1, 0.15) is 0 Å². The number of carbonyl (C=O) groups is 3. The van der Waals surface area contributed by atoms with Crippen LogP contribution in [0.2, 0.25) is 0 Å². The Labute approximate surface area is 151 Å². The molecule has 26 heavy (non-hydrogen) atoms. The number of benzene rings is 1. The van der Waals surface area contributed by atoms with Gasteiger partial charge in [-0.2, -0.15) is 0 Å². The Kier molecular flexibility index (Phi) is 3.26. The maximum atomic E-state index is 13.0. The van der Waals surface area contributed by atoms with Crippen LogP contribution in [0, 0.1) is 23.7 Å². The highest BCUT2D eigenvalue weighted by atomic mass is 16.5. The van der Waals surface area contributed by atoms with E-state index in [4.69, 9.17) is 4.74 Å². The zero-order chi connectivity index (χ0) is 18.0. The van der Waals surface area contributed by atoms with Crippen LogP contribution < -0.4 is 9.80 Å². The highest BCUT2D eigenvalue weighted by Crippen LogP contribution is 2.53. The molecular formula is C20H20N2O4. The van der Waals surface area contributed by atoms with Gasteiger partial charge in [0.2, 0.25) is 11.8 Å². The van der Waals surface area contributed by atoms with Gasteiger partial charge < -0.3 is 4.74 Å². The minimum atomic E-state index is -0.385. The SMILES string of the molecule is COC(=O)N1CCCc2cc(N3C(=O)[C@@H]4[C@H](C3=O)[C@@H]3C=C[C@H]4C3)ccc21. The Balaban J connectivity index is 1.50. The number of fused-ring (bicyclic) bond motifs is 6. The fourth-order valence-corrected chi connectivity index (χ4v) is 5.18. The Morgan fingerprint density at radius 2 is 1.81 bits per heavy atom. The molecule has 1 saturated heterocycles. The second-order valence-electron chi connectivity index (χ2n) is 7.55. The minimum absolute atomic E-state index is 0.0718. The molecule has 1 aromatic carbocycles. The summed E-state index contributed by atoms with van der Waals surface area (Å²) >= 11 is 0. The molecule has 1 aromatic rings. The summed E-state index contributed by atoms with van der Waals surface area (Å²) in [5.74, 6) is -0.118. The lowest BCUT2D eigenvalue weighted by molar-refractivity contribution is -0.123. The molecule has 134 valence electrons. The zero-order valence-corrected chi connectivity index (χ0v) is 14.6. The summed E-state index contributed by atoms with van der Waals surface area (Å²) < 4.78 is 4.85. The van der Waals surface area contributed by atoms with Gasteiger partial charge >= 0.3 is 6.09 Å². The number of allylic oxidation sites excluding steroid dienone is 2. The number of imide groups is 1. The molecule has 4 aliphatic rings. The van der Waals surface area contributed by atoms with Crippen LogP contribution in [0.5, 0.6) is 0 Å². The van der Waals surface area contributed by atoms with Gasteiger partial charge in [-0.05, 0) is 54.9 Å². The van der Waals surface area contributed by atoms with E-state index in [0.717, 1.165) is 30.5 Å². The van der Waals surface area contributed by atoms with E-state index in [1.54, 1.807) is 11.0 Å². The molecule has 5 rings (SSSR count). The van der Waals surface area contributed by atoms with Crippen LogP contribution in [0.3, 0.4) is 0 Å². The predicted octanol–water partition coefficient (Wildman–Crippen LogP) is 2.52. The van der Waals surface area contributed by atoms with Crippen molar-refractivity contribution in [3.63, 3.8) is 0 Å². The summed E-state index contributed by atoms with van der Waals surface area (Å²) in [7, 11) is 1.37. The average Bonchev–Trinajstić information content (AvgIpc) is 3.34. The van der Waals surface area contributed by atoms with Crippen LogP contribution in [0.15, 0.2) is 30.4 Å². The first-order chi connectivity index (χ1) is 12.6. The standard InChI is InChI=1S/C20H20N2O4/c1-26-20(25)21-8-2-3-11-10-14(6-7-15(11)21)22-18(23)16-12-4-5-13(9-12)17(16)19(22)24/h4-7,10,12-13,16-17H,2-3,8-9H2,1H3/t12-,13+,16-,17+. The highest BCUT2D eigenvalue weighted by molar-refractivity contribution is 6.23. The van der Waals surface area contributed by atoms with Crippen molar-refractivity contribution < 1.29 is 19.1 Å². The number of nitrogens with zero attached hydrogens (tertiary/aromatic N) is 2. The van der Waals surface area contributed by atoms with Gasteiger partial charge in [0.05, 0.1) is 30.3 Å². The van der Waals surface area contributed by atoms with Gasteiger partial charge in [-0.1, -0.05) is 12.2 Å². The number of carbonyl (C=O) groups excluding carboxylic acids is 3. The Bertz CT molecular complexity index is 831. The summed E-state index contributed by atoms with van der Waals surface area (Å²) in [6.45, 7) is 0.611. The van der Waals surface area contributed by atoms with Gasteiger partial charge in [-0.3, -0.25) is 19.4 Å². The van der Waals surface area contributed by atoms with Crippen molar-refractivity contribution in [1.82, 2.24) is 0 Å². The van der Waals surface area contributed by atoms with E-state index in [1.807, 2.05) is 12.1 Å². The van der Waals surface area contributed by atoms with Gasteiger partial charge in [0.15, 0.2) is 0 Å². The summed E-state index contributed by atoms with van der Waals surface area (Å²) in [6.07, 6.45) is 6.38. The molecule has 4 atom stereocenters. The van der Waals surface area contributed by atoms with Crippen molar-refractivity contribution in [1.29, 1.82) is 0 Å². The molecule has 0 spiro atoms. The molecular weight excluding hydrogens is 332 g/mol. The number of rotatable bonds is 1. The Hall–Kier alpha value is -2.63. The fourth-order valence-electron chi connectivity index (χ4n) is 5.18. The molecule has 1 saturated carbocycles. The molecule has 0 unspecified atom stereocenters. The van der Waals surface area contributed by atoms with E-state index >= 15 is 0 Å². The van der Waals surface area contributed by atoms with Crippen molar-refractivity contribution in [2.45, 2.75) is 19.3 Å². The van der Waals surface area contributed by atoms with Crippen molar-refractivity contribution in [3.8, 4) is 0 Å². The maximum absolute atomic E-state index is 13.0. The van der Waals surface area contributed by atoms with Crippen LogP contribution in [-0.4, -0.2) is 31.6 Å². The molecule has 3 amide bonds. The van der Waals surface area contributed by atoms with Crippen LogP contribution in [0.4, 0.5) is 16.2 Å². The van der Waals surface area contributed by atoms with Crippen molar-refractivity contribution in [2.24, 2.45) is 23.7 Å². The Morgan fingerprint density at radius 3 is 2.46 bits per heavy atom. The Morgan fingerprint density at radius 1 is 1.12 bits per heavy atom. The number of amides is 3. The first-order valence-corrected chi connectivity index (χ1v) is 9.14. The molecule has 2 heterocycles. The van der Waals surface area contributed by atoms with Gasteiger partial charge in [-0.15, -0.1) is 0 Å². The third-order valence-electron chi connectivity index (χ3n) is 6.31. The molecule has 0 aromatic heterocycles. The van der Waals surface area contributed by atoms with Crippen LogP contribution in [-0.2, 0) is 20.7 Å². The lowest BCUT2D eigenvalue weighted by Gasteiger charge is -2.29. The topological polar surface area (TPSA) is 66.9 Å². The number of anilines is 2. The third kappa shape index (κ3) is 1.95. The average molecular weight is 352 g/mol. The van der Waals surface area contributed by atoms with E-state index in [0.29, 0.717) is 12.2 Å². The van der Waals surface area contributed by atoms with E-state index in [9.17, 15) is 14.4 Å². The van der Waals surface area contributed by atoms with Crippen LogP contribution >= 0.6 is 0 Å². The fraction of sp³-hybridized carbons (Fsp3) is 0.450. The van der Waals surface area contributed by atoms with E-state index < -0.39 is 0 Å². The molecule has 2 bridgehead atoms. The molecule has 6 nitrogen and oxygen atoms in total. The predicted molar refractivity (Wildman–Crippen MR) is 94.7 cm³/mol. The van der Waals surface area contributed by atoms with E-state index in [1.165, 1.54) is 12.0 Å². The minimum Gasteiger partial charge on any atom is -0.452 e. The molecule has 2 aliphatic carbocycles.